The Kier molecular flexibility index (Phi) is 24.5. The topological polar surface area (TPSA) is 95.1 Å². The number of rotatable bonds is 26. The standard InChI is InChI=1S/C24H45NO9/c1-2-7-26-8-9-27-10-11-28-12-13-29-14-15-30-16-17-31-18-19-32-20-21-33-22-23-34-24-3-5-25-6-4-24/h1,24-25H,3-23H2. The summed E-state index contributed by atoms with van der Waals surface area (Å²) < 4.78 is 48.9. The first-order valence-electron chi connectivity index (χ1n) is 12.3. The fourth-order valence-corrected chi connectivity index (χ4v) is 2.91. The smallest absolute Gasteiger partial charge is 0.107 e. The van der Waals surface area contributed by atoms with Crippen molar-refractivity contribution in [3.05, 3.63) is 0 Å². The van der Waals surface area contributed by atoms with Crippen molar-refractivity contribution in [2.45, 2.75) is 18.9 Å². The van der Waals surface area contributed by atoms with Crippen LogP contribution in [0.1, 0.15) is 12.8 Å². The van der Waals surface area contributed by atoms with Crippen LogP contribution in [0.3, 0.4) is 0 Å². The highest BCUT2D eigenvalue weighted by Gasteiger charge is 2.12. The molecule has 34 heavy (non-hydrogen) atoms. The van der Waals surface area contributed by atoms with Crippen molar-refractivity contribution in [1.82, 2.24) is 5.32 Å². The zero-order chi connectivity index (χ0) is 24.2. The minimum Gasteiger partial charge on any atom is -0.377 e. The molecule has 200 valence electrons. The maximum absolute atomic E-state index is 5.77. The lowest BCUT2D eigenvalue weighted by Crippen LogP contribution is -2.33. The van der Waals surface area contributed by atoms with Crippen molar-refractivity contribution < 1.29 is 42.6 Å². The van der Waals surface area contributed by atoms with Crippen molar-refractivity contribution in [3.63, 3.8) is 0 Å². The van der Waals surface area contributed by atoms with Crippen molar-refractivity contribution in [2.24, 2.45) is 0 Å². The normalized spacial score (nSPS) is 14.4. The quantitative estimate of drug-likeness (QED) is 0.136. The van der Waals surface area contributed by atoms with Gasteiger partial charge in [-0.15, -0.1) is 6.42 Å². The molecule has 0 spiro atoms. The summed E-state index contributed by atoms with van der Waals surface area (Å²) in [5, 5.41) is 3.32. The Labute approximate surface area is 205 Å². The van der Waals surface area contributed by atoms with E-state index in [1.54, 1.807) is 0 Å². The number of hydrogen-bond acceptors (Lipinski definition) is 10. The molecule has 0 aromatic heterocycles. The average Bonchev–Trinajstić information content (AvgIpc) is 2.87. The third-order valence-corrected chi connectivity index (χ3v) is 4.66. The molecule has 0 bridgehead atoms. The van der Waals surface area contributed by atoms with Crippen LogP contribution in [0.2, 0.25) is 0 Å². The van der Waals surface area contributed by atoms with E-state index in [0.29, 0.717) is 118 Å². The number of terminal acetylenes is 1. The molecule has 1 aliphatic rings. The number of nitrogens with one attached hydrogen (secondary N) is 1. The minimum atomic E-state index is 0.315. The van der Waals surface area contributed by atoms with Crippen LogP contribution in [0.5, 0.6) is 0 Å². The molecule has 0 amide bonds. The Morgan fingerprint density at radius 2 is 0.824 bits per heavy atom. The molecule has 0 aromatic carbocycles. The summed E-state index contributed by atoms with van der Waals surface area (Å²) in [4.78, 5) is 0. The summed E-state index contributed by atoms with van der Waals surface area (Å²) in [6, 6.07) is 0. The molecule has 1 N–H and O–H groups in total. The maximum Gasteiger partial charge on any atom is 0.107 e. The zero-order valence-corrected chi connectivity index (χ0v) is 20.7. The van der Waals surface area contributed by atoms with Gasteiger partial charge in [-0.05, 0) is 25.9 Å². The van der Waals surface area contributed by atoms with Crippen LogP contribution in [-0.2, 0) is 42.6 Å². The van der Waals surface area contributed by atoms with Crippen molar-refractivity contribution in [3.8, 4) is 12.3 Å². The van der Waals surface area contributed by atoms with Gasteiger partial charge in [0.05, 0.1) is 112 Å². The fraction of sp³-hybridized carbons (Fsp3) is 0.917. The molecule has 1 fully saturated rings. The molecule has 0 saturated carbocycles. The Morgan fingerprint density at radius 3 is 1.18 bits per heavy atom. The van der Waals surface area contributed by atoms with Crippen LogP contribution in [0, 0.1) is 12.3 Å². The maximum atomic E-state index is 5.77. The fourth-order valence-electron chi connectivity index (χ4n) is 2.91. The summed E-state index contributed by atoms with van der Waals surface area (Å²) in [6.45, 7) is 11.1. The van der Waals surface area contributed by atoms with Crippen LogP contribution in [0.15, 0.2) is 0 Å². The van der Waals surface area contributed by atoms with Crippen LogP contribution < -0.4 is 5.32 Å². The largest absolute Gasteiger partial charge is 0.377 e. The molecule has 1 saturated heterocycles. The van der Waals surface area contributed by atoms with E-state index >= 15 is 0 Å². The van der Waals surface area contributed by atoms with Gasteiger partial charge >= 0.3 is 0 Å². The lowest BCUT2D eigenvalue weighted by molar-refractivity contribution is -0.0317. The van der Waals surface area contributed by atoms with Crippen LogP contribution in [0.4, 0.5) is 0 Å². The summed E-state index contributed by atoms with van der Waals surface area (Å²) >= 11 is 0. The van der Waals surface area contributed by atoms with Gasteiger partial charge in [0.25, 0.3) is 0 Å². The second-order valence-electron chi connectivity index (χ2n) is 7.36. The van der Waals surface area contributed by atoms with E-state index in [0.717, 1.165) is 25.9 Å². The van der Waals surface area contributed by atoms with Crippen LogP contribution in [-0.4, -0.2) is 132 Å². The Bertz CT molecular complexity index is 445. The number of piperidine rings is 1. The monoisotopic (exact) mass is 491 g/mol. The van der Waals surface area contributed by atoms with Gasteiger partial charge in [0, 0.05) is 0 Å². The molecule has 10 nitrogen and oxygen atoms in total. The van der Waals surface area contributed by atoms with Gasteiger partial charge in [-0.1, -0.05) is 5.92 Å². The first-order chi connectivity index (χ1) is 16.9. The third-order valence-electron chi connectivity index (χ3n) is 4.66. The molecule has 1 aliphatic heterocycles. The van der Waals surface area contributed by atoms with E-state index in [-0.39, 0.29) is 0 Å². The minimum absolute atomic E-state index is 0.315. The predicted molar refractivity (Wildman–Crippen MR) is 127 cm³/mol. The van der Waals surface area contributed by atoms with Gasteiger partial charge in [0.1, 0.15) is 6.61 Å². The zero-order valence-electron chi connectivity index (χ0n) is 20.7. The van der Waals surface area contributed by atoms with E-state index in [9.17, 15) is 0 Å². The van der Waals surface area contributed by atoms with Crippen molar-refractivity contribution in [1.29, 1.82) is 0 Å². The first-order valence-corrected chi connectivity index (χ1v) is 12.3. The Balaban J connectivity index is 1.62. The van der Waals surface area contributed by atoms with Crippen LogP contribution in [0.25, 0.3) is 0 Å². The van der Waals surface area contributed by atoms with E-state index < -0.39 is 0 Å². The SMILES string of the molecule is C#CCOCCOCCOCCOCCOCCOCCOCCOCCOC1CCNCC1. The number of hydrogen-bond donors (Lipinski definition) is 1. The van der Waals surface area contributed by atoms with Crippen molar-refractivity contribution in [2.75, 3.05) is 125 Å². The van der Waals surface area contributed by atoms with E-state index in [1.807, 2.05) is 0 Å². The van der Waals surface area contributed by atoms with Crippen molar-refractivity contribution >= 4 is 0 Å². The van der Waals surface area contributed by atoms with Gasteiger partial charge in [0.15, 0.2) is 0 Å². The van der Waals surface area contributed by atoms with E-state index in [1.165, 1.54) is 0 Å². The molecular formula is C24H45NO9. The summed E-state index contributed by atoms with van der Waals surface area (Å²) in [5.41, 5.74) is 0. The molecule has 10 heteroatoms. The van der Waals surface area contributed by atoms with Gasteiger partial charge in [-0.3, -0.25) is 0 Å². The highest BCUT2D eigenvalue weighted by atomic mass is 16.6. The number of ether oxygens (including phenoxy) is 9. The molecule has 1 heterocycles. The summed E-state index contributed by atoms with van der Waals surface area (Å²) in [5.74, 6) is 2.40. The van der Waals surface area contributed by atoms with Gasteiger partial charge < -0.3 is 47.9 Å². The second kappa shape index (κ2) is 26.8. The molecule has 0 radical (unpaired) electrons. The lowest BCUT2D eigenvalue weighted by atomic mass is 10.1. The van der Waals surface area contributed by atoms with Crippen LogP contribution >= 0.6 is 0 Å². The van der Waals surface area contributed by atoms with E-state index in [4.69, 9.17) is 49.1 Å². The average molecular weight is 492 g/mol. The highest BCUT2D eigenvalue weighted by molar-refractivity contribution is 4.82. The lowest BCUT2D eigenvalue weighted by Gasteiger charge is -2.22. The molecular weight excluding hydrogens is 446 g/mol. The van der Waals surface area contributed by atoms with Gasteiger partial charge in [-0.25, -0.2) is 0 Å². The molecule has 0 aliphatic carbocycles. The Hall–Kier alpha value is -0.840. The van der Waals surface area contributed by atoms with Gasteiger partial charge in [-0.2, -0.15) is 0 Å². The van der Waals surface area contributed by atoms with E-state index in [2.05, 4.69) is 11.2 Å². The first kappa shape index (κ1) is 31.2. The molecule has 0 atom stereocenters. The third kappa shape index (κ3) is 22.9. The Morgan fingerprint density at radius 1 is 0.500 bits per heavy atom. The second-order valence-corrected chi connectivity index (χ2v) is 7.36. The predicted octanol–water partition coefficient (Wildman–Crippen LogP) is 0.521. The molecule has 0 unspecified atom stereocenters. The summed E-state index contributed by atoms with van der Waals surface area (Å²) in [7, 11) is 0. The molecule has 1 rings (SSSR count). The highest BCUT2D eigenvalue weighted by Crippen LogP contribution is 2.06. The van der Waals surface area contributed by atoms with Gasteiger partial charge in [0.2, 0.25) is 0 Å². The molecule has 0 aromatic rings. The summed E-state index contributed by atoms with van der Waals surface area (Å²) in [6.07, 6.45) is 7.62.